The number of ether oxygens (including phenoxy) is 2. The molecule has 2 unspecified atom stereocenters. The van der Waals surface area contributed by atoms with Crippen LogP contribution in [0.5, 0.6) is 0 Å². The molecule has 16 heavy (non-hydrogen) atoms. The molecule has 1 N–H and O–H groups in total. The Morgan fingerprint density at radius 3 is 2.81 bits per heavy atom. The van der Waals surface area contributed by atoms with E-state index in [1.54, 1.807) is 0 Å². The summed E-state index contributed by atoms with van der Waals surface area (Å²) in [5.74, 6) is 0. The number of hydrogen-bond acceptors (Lipinski definition) is 3. The van der Waals surface area contributed by atoms with Crippen LogP contribution in [0, 0.1) is 5.41 Å². The molecule has 94 valence electrons. The lowest BCUT2D eigenvalue weighted by Gasteiger charge is -2.40. The molecule has 0 radical (unpaired) electrons. The van der Waals surface area contributed by atoms with E-state index >= 15 is 0 Å². The smallest absolute Gasteiger partial charge is 0.0933 e. The van der Waals surface area contributed by atoms with E-state index in [-0.39, 0.29) is 6.10 Å². The van der Waals surface area contributed by atoms with Gasteiger partial charge in [-0.2, -0.15) is 0 Å². The van der Waals surface area contributed by atoms with Crippen molar-refractivity contribution in [3.8, 4) is 0 Å². The monoisotopic (exact) mass is 227 g/mol. The van der Waals surface area contributed by atoms with Crippen LogP contribution in [0.4, 0.5) is 0 Å². The third-order valence-corrected chi connectivity index (χ3v) is 3.98. The fraction of sp³-hybridized carbons (Fsp3) is 1.00. The molecule has 1 saturated carbocycles. The van der Waals surface area contributed by atoms with E-state index in [2.05, 4.69) is 19.2 Å². The van der Waals surface area contributed by atoms with Gasteiger partial charge in [0.15, 0.2) is 0 Å². The Hall–Kier alpha value is -0.120. The molecular formula is C13H25NO2. The zero-order valence-corrected chi connectivity index (χ0v) is 10.6. The van der Waals surface area contributed by atoms with E-state index < -0.39 is 0 Å². The molecule has 2 aliphatic rings. The highest BCUT2D eigenvalue weighted by molar-refractivity contribution is 4.88. The molecule has 3 nitrogen and oxygen atoms in total. The summed E-state index contributed by atoms with van der Waals surface area (Å²) in [5.41, 5.74) is 0.438. The third-order valence-electron chi connectivity index (χ3n) is 3.98. The van der Waals surface area contributed by atoms with E-state index in [4.69, 9.17) is 9.47 Å². The first-order chi connectivity index (χ1) is 7.68. The normalized spacial score (nSPS) is 34.9. The number of rotatable bonds is 3. The van der Waals surface area contributed by atoms with E-state index in [0.717, 1.165) is 26.4 Å². The molecule has 1 saturated heterocycles. The third kappa shape index (κ3) is 3.19. The van der Waals surface area contributed by atoms with Crippen LogP contribution in [0.2, 0.25) is 0 Å². The fourth-order valence-electron chi connectivity index (χ4n) is 2.80. The summed E-state index contributed by atoms with van der Waals surface area (Å²) in [4.78, 5) is 0. The highest BCUT2D eigenvalue weighted by atomic mass is 16.6. The largest absolute Gasteiger partial charge is 0.376 e. The van der Waals surface area contributed by atoms with Crippen LogP contribution in [0.3, 0.4) is 0 Å². The van der Waals surface area contributed by atoms with Gasteiger partial charge in [-0.25, -0.2) is 0 Å². The van der Waals surface area contributed by atoms with Gasteiger partial charge in [0.05, 0.1) is 25.9 Å². The summed E-state index contributed by atoms with van der Waals surface area (Å²) < 4.78 is 11.1. The van der Waals surface area contributed by atoms with E-state index in [1.165, 1.54) is 25.7 Å². The average molecular weight is 227 g/mol. The van der Waals surface area contributed by atoms with Crippen molar-refractivity contribution in [2.45, 2.75) is 51.7 Å². The van der Waals surface area contributed by atoms with Crippen molar-refractivity contribution in [2.75, 3.05) is 26.4 Å². The van der Waals surface area contributed by atoms with Crippen molar-refractivity contribution in [3.05, 3.63) is 0 Å². The van der Waals surface area contributed by atoms with E-state index in [9.17, 15) is 0 Å². The second kappa shape index (κ2) is 5.48. The summed E-state index contributed by atoms with van der Waals surface area (Å²) >= 11 is 0. The summed E-state index contributed by atoms with van der Waals surface area (Å²) in [6.45, 7) is 7.95. The first-order valence-electron chi connectivity index (χ1n) is 6.61. The fourth-order valence-corrected chi connectivity index (χ4v) is 2.80. The van der Waals surface area contributed by atoms with E-state index in [0.29, 0.717) is 11.5 Å². The minimum atomic E-state index is 0.256. The molecule has 1 aliphatic heterocycles. The first-order valence-corrected chi connectivity index (χ1v) is 6.61. The highest BCUT2D eigenvalue weighted by Gasteiger charge is 2.32. The molecule has 1 heterocycles. The Morgan fingerprint density at radius 2 is 2.12 bits per heavy atom. The van der Waals surface area contributed by atoms with Gasteiger partial charge in [-0.15, -0.1) is 0 Å². The molecule has 0 aromatic carbocycles. The van der Waals surface area contributed by atoms with Gasteiger partial charge in [0, 0.05) is 12.6 Å². The molecule has 0 aromatic rings. The molecule has 1 aliphatic carbocycles. The molecule has 2 rings (SSSR count). The maximum absolute atomic E-state index is 5.65. The summed E-state index contributed by atoms with van der Waals surface area (Å²) in [5, 5.41) is 3.68. The van der Waals surface area contributed by atoms with Crippen LogP contribution >= 0.6 is 0 Å². The average Bonchev–Trinajstić information content (AvgIpc) is 2.28. The van der Waals surface area contributed by atoms with Crippen molar-refractivity contribution in [2.24, 2.45) is 5.41 Å². The minimum Gasteiger partial charge on any atom is -0.376 e. The lowest BCUT2D eigenvalue weighted by atomic mass is 9.73. The zero-order chi connectivity index (χ0) is 11.4. The van der Waals surface area contributed by atoms with Gasteiger partial charge in [0.1, 0.15) is 0 Å². The molecule has 3 heteroatoms. The van der Waals surface area contributed by atoms with Crippen LogP contribution < -0.4 is 5.32 Å². The molecule has 0 spiro atoms. The lowest BCUT2D eigenvalue weighted by Crippen LogP contribution is -2.48. The Labute approximate surface area is 98.9 Å². The molecular weight excluding hydrogens is 202 g/mol. The van der Waals surface area contributed by atoms with Gasteiger partial charge in [-0.1, -0.05) is 26.7 Å². The van der Waals surface area contributed by atoms with Crippen molar-refractivity contribution < 1.29 is 9.47 Å². The van der Waals surface area contributed by atoms with Gasteiger partial charge in [0.25, 0.3) is 0 Å². The lowest BCUT2D eigenvalue weighted by molar-refractivity contribution is -0.0884. The van der Waals surface area contributed by atoms with Crippen molar-refractivity contribution >= 4 is 0 Å². The van der Waals surface area contributed by atoms with Gasteiger partial charge in [-0.05, 0) is 18.3 Å². The predicted molar refractivity (Wildman–Crippen MR) is 64.6 cm³/mol. The molecule has 2 fully saturated rings. The first kappa shape index (κ1) is 12.3. The molecule has 0 amide bonds. The topological polar surface area (TPSA) is 30.5 Å². The Morgan fingerprint density at radius 1 is 1.25 bits per heavy atom. The van der Waals surface area contributed by atoms with Crippen molar-refractivity contribution in [3.63, 3.8) is 0 Å². The van der Waals surface area contributed by atoms with Crippen LogP contribution in [0.25, 0.3) is 0 Å². The Balaban J connectivity index is 1.75. The highest BCUT2D eigenvalue weighted by Crippen LogP contribution is 2.35. The van der Waals surface area contributed by atoms with Crippen molar-refractivity contribution in [1.29, 1.82) is 0 Å². The number of nitrogens with one attached hydrogen (secondary N) is 1. The zero-order valence-electron chi connectivity index (χ0n) is 10.6. The van der Waals surface area contributed by atoms with E-state index in [1.807, 2.05) is 0 Å². The minimum absolute atomic E-state index is 0.256. The summed E-state index contributed by atoms with van der Waals surface area (Å²) in [6, 6.07) is 0.645. The van der Waals surface area contributed by atoms with Crippen LogP contribution in [0.1, 0.15) is 39.5 Å². The maximum atomic E-state index is 5.65. The van der Waals surface area contributed by atoms with Gasteiger partial charge >= 0.3 is 0 Å². The van der Waals surface area contributed by atoms with Crippen LogP contribution in [0.15, 0.2) is 0 Å². The number of hydrogen-bond donors (Lipinski definition) is 1. The van der Waals surface area contributed by atoms with Gasteiger partial charge < -0.3 is 14.8 Å². The molecule has 2 atom stereocenters. The van der Waals surface area contributed by atoms with Gasteiger partial charge in [-0.3, -0.25) is 0 Å². The van der Waals surface area contributed by atoms with Crippen molar-refractivity contribution in [1.82, 2.24) is 5.32 Å². The second-order valence-electron chi connectivity index (χ2n) is 5.76. The van der Waals surface area contributed by atoms with Crippen LogP contribution in [-0.2, 0) is 9.47 Å². The Bertz CT molecular complexity index is 212. The molecule has 0 aromatic heterocycles. The van der Waals surface area contributed by atoms with Gasteiger partial charge in [0.2, 0.25) is 0 Å². The maximum Gasteiger partial charge on any atom is 0.0933 e. The Kier molecular flexibility index (Phi) is 4.22. The predicted octanol–water partition coefficient (Wildman–Crippen LogP) is 1.96. The quantitative estimate of drug-likeness (QED) is 0.799. The molecule has 0 bridgehead atoms. The summed E-state index contributed by atoms with van der Waals surface area (Å²) in [7, 11) is 0. The standard InChI is InChI=1S/C13H25NO2/c1-13(2)6-4-3-5-12(13)14-9-11-10-15-7-8-16-11/h11-12,14H,3-10H2,1-2H3. The van der Waals surface area contributed by atoms with Crippen LogP contribution in [-0.4, -0.2) is 38.5 Å². The second-order valence-corrected chi connectivity index (χ2v) is 5.76. The SMILES string of the molecule is CC1(C)CCCCC1NCC1COCCO1. The summed E-state index contributed by atoms with van der Waals surface area (Å²) in [6.07, 6.45) is 5.65.